The first-order valence-electron chi connectivity index (χ1n) is 0.802. The van der Waals surface area contributed by atoms with Gasteiger partial charge < -0.3 is 0 Å². The molecule has 0 nitrogen and oxygen atoms in total. The van der Waals surface area contributed by atoms with Gasteiger partial charge in [-0.25, -0.2) is 0 Å². The van der Waals surface area contributed by atoms with Gasteiger partial charge in [0, 0.05) is 0 Å². The van der Waals surface area contributed by atoms with E-state index in [2.05, 4.69) is 40.9 Å². The monoisotopic (exact) mass is 545 g/mol. The topological polar surface area (TPSA) is 0 Å². The van der Waals surface area contributed by atoms with Crippen LogP contribution in [0.15, 0.2) is 0 Å². The first kappa shape index (κ1) is 14.1. The van der Waals surface area contributed by atoms with Crippen molar-refractivity contribution in [3.63, 3.8) is 0 Å². The number of hydrogen-bond donors (Lipinski definition) is 0. The van der Waals surface area contributed by atoms with Crippen molar-refractivity contribution < 1.29 is 23.1 Å². The Balaban J connectivity index is 0. The fourth-order valence-electron chi connectivity index (χ4n) is 0. The second-order valence-corrected chi connectivity index (χ2v) is 32.3. The predicted octanol–water partition coefficient (Wildman–Crippen LogP) is 4.60. The molecule has 0 atom stereocenters. The van der Waals surface area contributed by atoms with Gasteiger partial charge in [0.1, 0.15) is 0 Å². The molecule has 0 spiro atoms. The zero-order valence-corrected chi connectivity index (χ0v) is 13.5. The Morgan fingerprint density at radius 2 is 0.875 bits per heavy atom. The molecule has 0 aliphatic heterocycles. The normalized spacial score (nSPS) is 11.2. The molecular weight excluding hydrogens is 548 g/mol. The first-order chi connectivity index (χ1) is 3.46. The fourth-order valence-corrected chi connectivity index (χ4v) is 0. The van der Waals surface area contributed by atoms with E-state index in [1.807, 2.05) is 0 Å². The molecule has 0 saturated heterocycles. The maximum absolute atomic E-state index is 4.95. The summed E-state index contributed by atoms with van der Waals surface area (Å²) in [6, 6.07) is 0. The summed E-state index contributed by atoms with van der Waals surface area (Å²) in [6.45, 7) is 0. The van der Waals surface area contributed by atoms with E-state index in [-0.39, 0.29) is 0 Å². The van der Waals surface area contributed by atoms with Crippen LogP contribution in [-0.2, 0) is 23.1 Å². The fraction of sp³-hybridized carbons (Fsp3) is 0. The summed E-state index contributed by atoms with van der Waals surface area (Å²) in [6.07, 6.45) is 0. The van der Waals surface area contributed by atoms with Gasteiger partial charge >= 0.3 is 93.0 Å². The van der Waals surface area contributed by atoms with Crippen molar-refractivity contribution >= 4 is 69.9 Å². The summed E-state index contributed by atoms with van der Waals surface area (Å²) in [7, 11) is 14.1. The van der Waals surface area contributed by atoms with E-state index in [0.29, 0.717) is 0 Å². The second-order valence-electron chi connectivity index (χ2n) is 0.303. The van der Waals surface area contributed by atoms with Crippen LogP contribution in [0.4, 0.5) is 0 Å². The van der Waals surface area contributed by atoms with E-state index >= 15 is 0 Å². The molecule has 8 heteroatoms. The van der Waals surface area contributed by atoms with Gasteiger partial charge in [-0.3, -0.25) is 0 Å². The molecule has 0 N–H and O–H groups in total. The average molecular weight is 548 g/mol. The summed E-state index contributed by atoms with van der Waals surface area (Å²) >= 11 is 7.99. The minimum atomic E-state index is -1.75. The number of halogens is 6. The van der Waals surface area contributed by atoms with E-state index in [9.17, 15) is 0 Å². The van der Waals surface area contributed by atoms with E-state index in [1.165, 1.54) is 0 Å². The molecule has 0 rings (SSSR count). The van der Waals surface area contributed by atoms with Crippen LogP contribution in [0.5, 0.6) is 0 Å². The molecule has 0 saturated carbocycles. The molecule has 0 heterocycles. The minimum absolute atomic E-state index is 0.732. The SMILES string of the molecule is [Br][Ru]([Br])[Br].[Cl][Ru]([Cl])[Cl]. The molecule has 58 valence electrons. The maximum atomic E-state index is 4.95. The molecule has 0 aromatic heterocycles. The van der Waals surface area contributed by atoms with Gasteiger partial charge in [-0.05, 0) is 0 Å². The van der Waals surface area contributed by atoms with Gasteiger partial charge in [-0.2, -0.15) is 0 Å². The first-order valence-corrected chi connectivity index (χ1v) is 19.4. The average Bonchev–Trinajstić information content (AvgIpc) is 1.25. The molecule has 0 bridgehead atoms. The van der Waals surface area contributed by atoms with Crippen molar-refractivity contribution in [1.82, 2.24) is 0 Å². The van der Waals surface area contributed by atoms with Gasteiger partial charge in [-0.1, -0.05) is 0 Å². The molecule has 0 aromatic carbocycles. The van der Waals surface area contributed by atoms with Crippen LogP contribution in [0.25, 0.3) is 0 Å². The zero-order valence-electron chi connectivity index (χ0n) is 2.97. The molecule has 0 unspecified atom stereocenters. The Morgan fingerprint density at radius 3 is 0.875 bits per heavy atom. The van der Waals surface area contributed by atoms with Gasteiger partial charge in [-0.15, -0.1) is 0 Å². The van der Waals surface area contributed by atoms with Crippen molar-refractivity contribution in [2.75, 3.05) is 0 Å². The van der Waals surface area contributed by atoms with Crippen LogP contribution < -0.4 is 0 Å². The Bertz CT molecular complexity index is 28.0. The summed E-state index contributed by atoms with van der Waals surface area (Å²) in [5, 5.41) is 0. The van der Waals surface area contributed by atoms with Crippen LogP contribution in [-0.4, -0.2) is 0 Å². The number of hydrogen-bond acceptors (Lipinski definition) is 0. The van der Waals surface area contributed by atoms with Crippen LogP contribution in [0, 0.1) is 0 Å². The Morgan fingerprint density at radius 1 is 0.875 bits per heavy atom. The summed E-state index contributed by atoms with van der Waals surface area (Å²) in [5.74, 6) is 0. The van der Waals surface area contributed by atoms with Crippen LogP contribution in [0.3, 0.4) is 0 Å². The number of rotatable bonds is 0. The second kappa shape index (κ2) is 10.6. The van der Waals surface area contributed by atoms with Gasteiger partial charge in [0.25, 0.3) is 0 Å². The molecule has 0 amide bonds. The zero-order chi connectivity index (χ0) is 7.15. The van der Waals surface area contributed by atoms with Crippen LogP contribution >= 0.6 is 69.9 Å². The van der Waals surface area contributed by atoms with Crippen molar-refractivity contribution in [3.8, 4) is 0 Å². The van der Waals surface area contributed by atoms with E-state index < -0.39 is 23.1 Å². The summed E-state index contributed by atoms with van der Waals surface area (Å²) in [4.78, 5) is 0. The third-order valence-electron chi connectivity index (χ3n) is 0. The van der Waals surface area contributed by atoms with Crippen LogP contribution in [0.1, 0.15) is 0 Å². The molecule has 0 aliphatic rings. The van der Waals surface area contributed by atoms with Crippen molar-refractivity contribution in [2.24, 2.45) is 0 Å². The molecule has 0 radical (unpaired) electrons. The third kappa shape index (κ3) is 55.3. The molecule has 0 fully saturated rings. The quantitative estimate of drug-likeness (QED) is 0.389. The standard InChI is InChI=1S/3BrH.3ClH.2Ru/h6*1H;;/q;;;;;;2*+3/p-6. The predicted molar refractivity (Wildman–Crippen MR) is 44.3 cm³/mol. The Hall–Kier alpha value is 3.56. The third-order valence-corrected chi connectivity index (χ3v) is 0. The van der Waals surface area contributed by atoms with Crippen molar-refractivity contribution in [2.45, 2.75) is 0 Å². The Labute approximate surface area is 91.0 Å². The Kier molecular flexibility index (Phi) is 18.6. The van der Waals surface area contributed by atoms with E-state index in [1.54, 1.807) is 0 Å². The van der Waals surface area contributed by atoms with E-state index in [0.717, 1.165) is 0 Å². The molecule has 8 heavy (non-hydrogen) atoms. The van der Waals surface area contributed by atoms with Gasteiger partial charge in [0.2, 0.25) is 0 Å². The van der Waals surface area contributed by atoms with Crippen molar-refractivity contribution in [1.29, 1.82) is 0 Å². The molecule has 0 aromatic rings. The van der Waals surface area contributed by atoms with E-state index in [4.69, 9.17) is 29.1 Å². The van der Waals surface area contributed by atoms with Crippen LogP contribution in [0.2, 0.25) is 0 Å². The summed E-state index contributed by atoms with van der Waals surface area (Å²) in [5.41, 5.74) is 0. The summed E-state index contributed by atoms with van der Waals surface area (Å²) < 4.78 is 0. The van der Waals surface area contributed by atoms with Gasteiger partial charge in [0.15, 0.2) is 0 Å². The van der Waals surface area contributed by atoms with Gasteiger partial charge in [0.05, 0.1) is 0 Å². The molecule has 0 aliphatic carbocycles. The molecular formula is Br3Cl3Ru2. The van der Waals surface area contributed by atoms with Crippen molar-refractivity contribution in [3.05, 3.63) is 0 Å².